The van der Waals surface area contributed by atoms with Gasteiger partial charge in [-0.15, -0.1) is 0 Å². The molecule has 0 aliphatic heterocycles. The fraction of sp³-hybridized carbons (Fsp3) is 0.333. The van der Waals surface area contributed by atoms with Crippen molar-refractivity contribution in [1.82, 2.24) is 4.90 Å². The summed E-state index contributed by atoms with van der Waals surface area (Å²) in [6.45, 7) is 9.32. The van der Waals surface area contributed by atoms with Gasteiger partial charge in [-0.25, -0.2) is 0 Å². The van der Waals surface area contributed by atoms with Crippen molar-refractivity contribution in [2.24, 2.45) is 0 Å². The van der Waals surface area contributed by atoms with Gasteiger partial charge in [-0.1, -0.05) is 30.8 Å². The molecule has 0 radical (unpaired) electrons. The summed E-state index contributed by atoms with van der Waals surface area (Å²) in [5, 5.41) is 0. The molecule has 0 spiro atoms. The first-order valence-electron chi connectivity index (χ1n) is 4.63. The first-order valence-corrected chi connectivity index (χ1v) is 4.63. The molecular weight excluding hydrogens is 158 g/mol. The average molecular weight is 175 g/mol. The average Bonchev–Trinajstić information content (AvgIpc) is 2.16. The van der Waals surface area contributed by atoms with E-state index < -0.39 is 0 Å². The molecular formula is C12H17N. The van der Waals surface area contributed by atoms with E-state index in [-0.39, 0.29) is 0 Å². The van der Waals surface area contributed by atoms with Crippen LogP contribution in [0.5, 0.6) is 0 Å². The van der Waals surface area contributed by atoms with Gasteiger partial charge in [0.25, 0.3) is 0 Å². The van der Waals surface area contributed by atoms with Crippen molar-refractivity contribution in [2.75, 3.05) is 13.6 Å². The SMILES string of the molecule is C=C(c1ccccc1C)N(C)CC. The van der Waals surface area contributed by atoms with Gasteiger partial charge in [0.05, 0.1) is 0 Å². The first kappa shape index (κ1) is 9.85. The Balaban J connectivity index is 2.95. The quantitative estimate of drug-likeness (QED) is 0.682. The smallest absolute Gasteiger partial charge is 0.0366 e. The van der Waals surface area contributed by atoms with Crippen LogP contribution in [0.3, 0.4) is 0 Å². The van der Waals surface area contributed by atoms with E-state index in [0.29, 0.717) is 0 Å². The summed E-state index contributed by atoms with van der Waals surface area (Å²) in [4.78, 5) is 2.16. The van der Waals surface area contributed by atoms with Crippen molar-refractivity contribution >= 4 is 5.70 Å². The Kier molecular flexibility index (Phi) is 3.13. The second-order valence-corrected chi connectivity index (χ2v) is 3.28. The highest BCUT2D eigenvalue weighted by atomic mass is 15.1. The lowest BCUT2D eigenvalue weighted by Gasteiger charge is -2.20. The van der Waals surface area contributed by atoms with E-state index in [0.717, 1.165) is 12.2 Å². The van der Waals surface area contributed by atoms with Gasteiger partial charge in [-0.2, -0.15) is 0 Å². The number of nitrogens with zero attached hydrogens (tertiary/aromatic N) is 1. The Morgan fingerprint density at radius 1 is 1.38 bits per heavy atom. The van der Waals surface area contributed by atoms with E-state index in [1.54, 1.807) is 0 Å². The van der Waals surface area contributed by atoms with Crippen LogP contribution in [0.1, 0.15) is 18.1 Å². The lowest BCUT2D eigenvalue weighted by Crippen LogP contribution is -2.15. The standard InChI is InChI=1S/C12H17N/c1-5-13(4)11(3)12-9-7-6-8-10(12)2/h6-9H,3,5H2,1-2,4H3. The molecule has 1 aromatic carbocycles. The summed E-state index contributed by atoms with van der Waals surface area (Å²) in [6, 6.07) is 8.34. The topological polar surface area (TPSA) is 3.24 Å². The highest BCUT2D eigenvalue weighted by Crippen LogP contribution is 2.18. The maximum atomic E-state index is 4.08. The molecule has 0 atom stereocenters. The van der Waals surface area contributed by atoms with Crippen LogP contribution < -0.4 is 0 Å². The zero-order chi connectivity index (χ0) is 9.84. The van der Waals surface area contributed by atoms with E-state index in [1.807, 2.05) is 0 Å². The van der Waals surface area contributed by atoms with E-state index in [2.05, 4.69) is 56.6 Å². The zero-order valence-electron chi connectivity index (χ0n) is 8.67. The van der Waals surface area contributed by atoms with Crippen LogP contribution in [0.25, 0.3) is 5.70 Å². The Morgan fingerprint density at radius 3 is 2.54 bits per heavy atom. The molecule has 0 heterocycles. The molecule has 1 aromatic rings. The molecule has 0 aromatic heterocycles. The highest BCUT2D eigenvalue weighted by Gasteiger charge is 2.04. The first-order chi connectivity index (χ1) is 6.16. The minimum Gasteiger partial charge on any atom is -0.375 e. The minimum absolute atomic E-state index is 0.993. The number of hydrogen-bond donors (Lipinski definition) is 0. The summed E-state index contributed by atoms with van der Waals surface area (Å²) >= 11 is 0. The van der Waals surface area contributed by atoms with Crippen LogP contribution >= 0.6 is 0 Å². The minimum atomic E-state index is 0.993. The second kappa shape index (κ2) is 4.13. The lowest BCUT2D eigenvalue weighted by atomic mass is 10.1. The summed E-state index contributed by atoms with van der Waals surface area (Å²) in [6.07, 6.45) is 0. The van der Waals surface area contributed by atoms with Gasteiger partial charge in [-0.3, -0.25) is 0 Å². The van der Waals surface area contributed by atoms with Gasteiger partial charge in [0, 0.05) is 24.9 Å². The van der Waals surface area contributed by atoms with Crippen molar-refractivity contribution in [2.45, 2.75) is 13.8 Å². The molecule has 0 saturated heterocycles. The molecule has 0 amide bonds. The predicted molar refractivity (Wildman–Crippen MR) is 58.5 cm³/mol. The highest BCUT2D eigenvalue weighted by molar-refractivity contribution is 5.64. The fourth-order valence-electron chi connectivity index (χ4n) is 1.29. The summed E-state index contributed by atoms with van der Waals surface area (Å²) in [5.74, 6) is 0. The summed E-state index contributed by atoms with van der Waals surface area (Å²) < 4.78 is 0. The number of rotatable bonds is 3. The largest absolute Gasteiger partial charge is 0.375 e. The summed E-state index contributed by atoms with van der Waals surface area (Å²) in [5.41, 5.74) is 3.63. The maximum Gasteiger partial charge on any atom is 0.0366 e. The van der Waals surface area contributed by atoms with Gasteiger partial charge >= 0.3 is 0 Å². The molecule has 70 valence electrons. The molecule has 0 fully saturated rings. The predicted octanol–water partition coefficient (Wildman–Crippen LogP) is 2.92. The van der Waals surface area contributed by atoms with Crippen LogP contribution in [0.15, 0.2) is 30.8 Å². The maximum absolute atomic E-state index is 4.08. The lowest BCUT2D eigenvalue weighted by molar-refractivity contribution is 0.510. The second-order valence-electron chi connectivity index (χ2n) is 3.28. The normalized spacial score (nSPS) is 9.77. The number of aryl methyl sites for hydroxylation is 1. The van der Waals surface area contributed by atoms with Crippen LogP contribution in [-0.2, 0) is 0 Å². The third-order valence-electron chi connectivity index (χ3n) is 2.39. The van der Waals surface area contributed by atoms with E-state index in [4.69, 9.17) is 0 Å². The van der Waals surface area contributed by atoms with Gasteiger partial charge in [0.2, 0.25) is 0 Å². The Bertz CT molecular complexity index is 302. The molecule has 0 saturated carbocycles. The number of benzene rings is 1. The van der Waals surface area contributed by atoms with Crippen molar-refractivity contribution in [3.63, 3.8) is 0 Å². The molecule has 0 aliphatic carbocycles. The monoisotopic (exact) mass is 175 g/mol. The van der Waals surface area contributed by atoms with Crippen LogP contribution in [0.4, 0.5) is 0 Å². The van der Waals surface area contributed by atoms with E-state index in [1.165, 1.54) is 11.1 Å². The van der Waals surface area contributed by atoms with Crippen LogP contribution in [-0.4, -0.2) is 18.5 Å². The number of hydrogen-bond acceptors (Lipinski definition) is 1. The molecule has 0 N–H and O–H groups in total. The van der Waals surface area contributed by atoms with Crippen molar-refractivity contribution < 1.29 is 0 Å². The van der Waals surface area contributed by atoms with Crippen LogP contribution in [0, 0.1) is 6.92 Å². The Hall–Kier alpha value is -1.24. The van der Waals surface area contributed by atoms with Gasteiger partial charge in [-0.05, 0) is 19.4 Å². The van der Waals surface area contributed by atoms with Crippen molar-refractivity contribution in [3.8, 4) is 0 Å². The zero-order valence-corrected chi connectivity index (χ0v) is 8.67. The summed E-state index contributed by atoms with van der Waals surface area (Å²) in [7, 11) is 2.06. The van der Waals surface area contributed by atoms with Gasteiger partial charge < -0.3 is 4.90 Å². The van der Waals surface area contributed by atoms with E-state index in [9.17, 15) is 0 Å². The molecule has 0 unspecified atom stereocenters. The van der Waals surface area contributed by atoms with Crippen molar-refractivity contribution in [1.29, 1.82) is 0 Å². The van der Waals surface area contributed by atoms with Gasteiger partial charge in [0.1, 0.15) is 0 Å². The fourth-order valence-corrected chi connectivity index (χ4v) is 1.29. The third-order valence-corrected chi connectivity index (χ3v) is 2.39. The van der Waals surface area contributed by atoms with Crippen LogP contribution in [0.2, 0.25) is 0 Å². The molecule has 13 heavy (non-hydrogen) atoms. The van der Waals surface area contributed by atoms with Crippen molar-refractivity contribution in [3.05, 3.63) is 42.0 Å². The van der Waals surface area contributed by atoms with Gasteiger partial charge in [0.15, 0.2) is 0 Å². The molecule has 0 aliphatic rings. The molecule has 1 heteroatoms. The molecule has 1 rings (SSSR count). The molecule has 0 bridgehead atoms. The van der Waals surface area contributed by atoms with E-state index >= 15 is 0 Å². The molecule has 1 nitrogen and oxygen atoms in total. The Labute approximate surface area is 80.7 Å². The Morgan fingerprint density at radius 2 is 2.00 bits per heavy atom. The third kappa shape index (κ3) is 2.11.